The van der Waals surface area contributed by atoms with Crippen molar-refractivity contribution in [2.24, 2.45) is 0 Å². The van der Waals surface area contributed by atoms with Crippen molar-refractivity contribution in [2.75, 3.05) is 13.7 Å². The molecule has 0 unspecified atom stereocenters. The Kier molecular flexibility index (Phi) is 15.6. The third-order valence-corrected chi connectivity index (χ3v) is 1.89. The van der Waals surface area contributed by atoms with Gasteiger partial charge in [0, 0.05) is 7.11 Å². The second-order valence-corrected chi connectivity index (χ2v) is 3.07. The maximum absolute atomic E-state index is 4.57. The highest BCUT2D eigenvalue weighted by Crippen LogP contribution is 2.13. The van der Waals surface area contributed by atoms with Gasteiger partial charge >= 0.3 is 0 Å². The summed E-state index contributed by atoms with van der Waals surface area (Å²) in [5.74, 6) is 0. The standard InChI is InChI=1S/C10H12.C4H8O.C2H6/c1-3-9(2)10-7-5-4-6-8-10;1-3-4-5-2;1-2/h4-8H,2-3H2,1H3;3H,1,4H2,2H3;1-2H3. The number of ether oxygens (including phenoxy) is 1. The zero-order valence-electron chi connectivity index (χ0n) is 11.7. The van der Waals surface area contributed by atoms with Crippen LogP contribution in [-0.2, 0) is 4.74 Å². The zero-order valence-corrected chi connectivity index (χ0v) is 11.7. The van der Waals surface area contributed by atoms with Gasteiger partial charge in [-0.15, -0.1) is 6.58 Å². The molecule has 0 radical (unpaired) electrons. The van der Waals surface area contributed by atoms with Crippen LogP contribution in [0.3, 0.4) is 0 Å². The predicted molar refractivity (Wildman–Crippen MR) is 79.2 cm³/mol. The van der Waals surface area contributed by atoms with E-state index in [9.17, 15) is 0 Å². The molecule has 1 aromatic rings. The Bertz CT molecular complexity index is 275. The normalized spacial score (nSPS) is 8.00. The highest BCUT2D eigenvalue weighted by Gasteiger charge is 1.91. The van der Waals surface area contributed by atoms with Crippen molar-refractivity contribution in [1.29, 1.82) is 0 Å². The quantitative estimate of drug-likeness (QED) is 0.669. The lowest BCUT2D eigenvalue weighted by Gasteiger charge is -1.99. The van der Waals surface area contributed by atoms with Crippen LogP contribution in [0.25, 0.3) is 5.57 Å². The Labute approximate surface area is 107 Å². The highest BCUT2D eigenvalue weighted by atomic mass is 16.5. The van der Waals surface area contributed by atoms with Crippen molar-refractivity contribution in [3.8, 4) is 0 Å². The molecule has 0 aliphatic heterocycles. The topological polar surface area (TPSA) is 9.23 Å². The van der Waals surface area contributed by atoms with Crippen molar-refractivity contribution >= 4 is 5.57 Å². The van der Waals surface area contributed by atoms with Gasteiger partial charge in [0.2, 0.25) is 0 Å². The fourth-order valence-electron chi connectivity index (χ4n) is 0.996. The van der Waals surface area contributed by atoms with Crippen LogP contribution in [0.2, 0.25) is 0 Å². The van der Waals surface area contributed by atoms with Crippen LogP contribution in [0.1, 0.15) is 32.8 Å². The summed E-state index contributed by atoms with van der Waals surface area (Å²) in [6, 6.07) is 10.3. The molecule has 1 heteroatoms. The number of allylic oxidation sites excluding steroid dienone is 1. The summed E-state index contributed by atoms with van der Waals surface area (Å²) in [5, 5.41) is 0. The number of benzene rings is 1. The molecular weight excluding hydrogens is 208 g/mol. The van der Waals surface area contributed by atoms with E-state index >= 15 is 0 Å². The van der Waals surface area contributed by atoms with Gasteiger partial charge in [0.05, 0.1) is 6.61 Å². The minimum absolute atomic E-state index is 0.653. The monoisotopic (exact) mass is 234 g/mol. The van der Waals surface area contributed by atoms with Gasteiger partial charge in [-0.05, 0) is 17.6 Å². The Balaban J connectivity index is 0. The van der Waals surface area contributed by atoms with E-state index in [0.29, 0.717) is 6.61 Å². The van der Waals surface area contributed by atoms with E-state index in [-0.39, 0.29) is 0 Å². The lowest BCUT2D eigenvalue weighted by atomic mass is 10.1. The van der Waals surface area contributed by atoms with Gasteiger partial charge in [-0.3, -0.25) is 0 Å². The van der Waals surface area contributed by atoms with E-state index < -0.39 is 0 Å². The molecule has 1 aromatic carbocycles. The second-order valence-electron chi connectivity index (χ2n) is 3.07. The minimum Gasteiger partial charge on any atom is -0.381 e. The lowest BCUT2D eigenvalue weighted by molar-refractivity contribution is 0.234. The Morgan fingerprint density at radius 2 is 1.76 bits per heavy atom. The molecule has 0 aliphatic carbocycles. The summed E-state index contributed by atoms with van der Waals surface area (Å²) < 4.78 is 4.57. The fraction of sp³-hybridized carbons (Fsp3) is 0.375. The average Bonchev–Trinajstić information content (AvgIpc) is 2.43. The van der Waals surface area contributed by atoms with Crippen LogP contribution >= 0.6 is 0 Å². The largest absolute Gasteiger partial charge is 0.381 e. The summed E-state index contributed by atoms with van der Waals surface area (Å²) in [6.07, 6.45) is 2.74. The van der Waals surface area contributed by atoms with Crippen LogP contribution in [0.4, 0.5) is 0 Å². The first-order valence-electron chi connectivity index (χ1n) is 6.09. The summed E-state index contributed by atoms with van der Waals surface area (Å²) in [6.45, 7) is 14.1. The number of methoxy groups -OCH3 is 1. The molecule has 0 amide bonds. The summed E-state index contributed by atoms with van der Waals surface area (Å²) in [7, 11) is 1.64. The van der Waals surface area contributed by atoms with E-state index in [1.807, 2.05) is 32.0 Å². The smallest absolute Gasteiger partial charge is 0.0641 e. The van der Waals surface area contributed by atoms with Gasteiger partial charge in [-0.2, -0.15) is 0 Å². The lowest BCUT2D eigenvalue weighted by Crippen LogP contribution is -1.77. The van der Waals surface area contributed by atoms with Gasteiger partial charge in [0.1, 0.15) is 0 Å². The van der Waals surface area contributed by atoms with Gasteiger partial charge in [0.15, 0.2) is 0 Å². The molecule has 0 N–H and O–H groups in total. The molecule has 0 atom stereocenters. The molecule has 0 spiro atoms. The van der Waals surface area contributed by atoms with E-state index in [4.69, 9.17) is 0 Å². The highest BCUT2D eigenvalue weighted by molar-refractivity contribution is 5.62. The number of hydrogen-bond acceptors (Lipinski definition) is 1. The van der Waals surface area contributed by atoms with Crippen LogP contribution in [-0.4, -0.2) is 13.7 Å². The van der Waals surface area contributed by atoms with Crippen LogP contribution in [0.15, 0.2) is 49.6 Å². The first-order chi connectivity index (χ1) is 8.26. The third-order valence-electron chi connectivity index (χ3n) is 1.89. The SMILES string of the molecule is C=C(CC)c1ccccc1.C=CCOC.CC. The fourth-order valence-corrected chi connectivity index (χ4v) is 0.996. The molecule has 0 saturated carbocycles. The maximum atomic E-state index is 4.57. The third kappa shape index (κ3) is 10.9. The first kappa shape index (κ1) is 18.0. The van der Waals surface area contributed by atoms with Gasteiger partial charge < -0.3 is 4.74 Å². The van der Waals surface area contributed by atoms with E-state index in [2.05, 4.69) is 37.0 Å². The average molecular weight is 234 g/mol. The first-order valence-corrected chi connectivity index (χ1v) is 6.09. The van der Waals surface area contributed by atoms with Crippen LogP contribution in [0, 0.1) is 0 Å². The number of rotatable bonds is 4. The number of hydrogen-bond donors (Lipinski definition) is 0. The van der Waals surface area contributed by atoms with Crippen molar-refractivity contribution in [3.05, 3.63) is 55.1 Å². The van der Waals surface area contributed by atoms with Crippen molar-refractivity contribution in [3.63, 3.8) is 0 Å². The van der Waals surface area contributed by atoms with Gasteiger partial charge in [-0.1, -0.05) is 63.8 Å². The maximum Gasteiger partial charge on any atom is 0.0641 e. The summed E-state index contributed by atoms with van der Waals surface area (Å²) in [4.78, 5) is 0. The molecule has 17 heavy (non-hydrogen) atoms. The Morgan fingerprint density at radius 1 is 1.24 bits per heavy atom. The minimum atomic E-state index is 0.653. The van der Waals surface area contributed by atoms with Gasteiger partial charge in [0.25, 0.3) is 0 Å². The molecule has 0 fully saturated rings. The predicted octanol–water partition coefficient (Wildman–Crippen LogP) is 4.95. The molecule has 96 valence electrons. The summed E-state index contributed by atoms with van der Waals surface area (Å²) >= 11 is 0. The zero-order chi connectivity index (χ0) is 13.5. The van der Waals surface area contributed by atoms with E-state index in [0.717, 1.165) is 6.42 Å². The van der Waals surface area contributed by atoms with Crippen LogP contribution in [0.5, 0.6) is 0 Å². The molecule has 0 aromatic heterocycles. The van der Waals surface area contributed by atoms with E-state index in [1.54, 1.807) is 13.2 Å². The molecule has 1 nitrogen and oxygen atoms in total. The molecule has 0 heterocycles. The van der Waals surface area contributed by atoms with Gasteiger partial charge in [-0.25, -0.2) is 0 Å². The Morgan fingerprint density at radius 3 is 2.06 bits per heavy atom. The van der Waals surface area contributed by atoms with E-state index in [1.165, 1.54) is 11.1 Å². The van der Waals surface area contributed by atoms with Crippen molar-refractivity contribution < 1.29 is 4.74 Å². The molecule has 0 aliphatic rings. The second kappa shape index (κ2) is 14.7. The molecule has 0 bridgehead atoms. The van der Waals surface area contributed by atoms with Crippen molar-refractivity contribution in [1.82, 2.24) is 0 Å². The van der Waals surface area contributed by atoms with Crippen molar-refractivity contribution in [2.45, 2.75) is 27.2 Å². The Hall–Kier alpha value is -1.34. The summed E-state index contributed by atoms with van der Waals surface area (Å²) in [5.41, 5.74) is 2.46. The molecule has 1 rings (SSSR count). The molecular formula is C16H26O. The van der Waals surface area contributed by atoms with Crippen LogP contribution < -0.4 is 0 Å². The molecule has 0 saturated heterocycles.